The Labute approximate surface area is 94.1 Å². The van der Waals surface area contributed by atoms with Crippen LogP contribution < -0.4 is 14.7 Å². The van der Waals surface area contributed by atoms with Crippen LogP contribution in [0.15, 0.2) is 12.1 Å². The van der Waals surface area contributed by atoms with E-state index in [1.807, 2.05) is 13.0 Å². The monoisotopic (exact) mass is 225 g/mol. The number of hydrogen-bond acceptors (Lipinski definition) is 4. The molecule has 0 spiro atoms. The molecule has 16 heavy (non-hydrogen) atoms. The van der Waals surface area contributed by atoms with Crippen molar-refractivity contribution >= 4 is 5.69 Å². The first-order valence-corrected chi connectivity index (χ1v) is 5.21. The molecule has 0 saturated heterocycles. The standard InChI is InChI=1S/C11H15NO4/c1-8-4-5-9(12(13)14-2)11-10(8)15-6-3-7-16-11/h4-5,12H,3,6-7H2,1-2H3. The van der Waals surface area contributed by atoms with E-state index >= 15 is 0 Å². The van der Waals surface area contributed by atoms with Crippen LogP contribution in [-0.2, 0) is 4.84 Å². The second kappa shape index (κ2) is 4.69. The average Bonchev–Trinajstić information content (AvgIpc) is 2.55. The lowest BCUT2D eigenvalue weighted by Gasteiger charge is -2.20. The Kier molecular flexibility index (Phi) is 3.28. The highest BCUT2D eigenvalue weighted by atomic mass is 16.9. The molecule has 1 heterocycles. The van der Waals surface area contributed by atoms with Gasteiger partial charge in [-0.15, -0.1) is 0 Å². The van der Waals surface area contributed by atoms with E-state index in [1.165, 1.54) is 7.11 Å². The molecule has 0 saturated carbocycles. The molecule has 1 aliphatic rings. The summed E-state index contributed by atoms with van der Waals surface area (Å²) in [6, 6.07) is 3.54. The molecule has 2 rings (SSSR count). The van der Waals surface area contributed by atoms with Gasteiger partial charge in [0.1, 0.15) is 0 Å². The van der Waals surface area contributed by atoms with Crippen molar-refractivity contribution in [2.24, 2.45) is 0 Å². The molecule has 1 aromatic rings. The summed E-state index contributed by atoms with van der Waals surface area (Å²) in [4.78, 5) is 4.71. The smallest absolute Gasteiger partial charge is 0.226 e. The third kappa shape index (κ3) is 1.97. The molecule has 0 radical (unpaired) electrons. The van der Waals surface area contributed by atoms with Crippen molar-refractivity contribution < 1.29 is 19.5 Å². The van der Waals surface area contributed by atoms with E-state index in [2.05, 4.69) is 0 Å². The van der Waals surface area contributed by atoms with Crippen molar-refractivity contribution in [2.45, 2.75) is 13.3 Å². The van der Waals surface area contributed by atoms with Crippen LogP contribution in [0.4, 0.5) is 5.69 Å². The zero-order chi connectivity index (χ0) is 11.5. The topological polar surface area (TPSA) is 55.2 Å². The van der Waals surface area contributed by atoms with Gasteiger partial charge in [0.25, 0.3) is 0 Å². The van der Waals surface area contributed by atoms with Gasteiger partial charge in [-0.1, -0.05) is 0 Å². The zero-order valence-electron chi connectivity index (χ0n) is 9.41. The molecule has 1 unspecified atom stereocenters. The molecule has 0 aromatic heterocycles. The highest BCUT2D eigenvalue weighted by molar-refractivity contribution is 5.59. The summed E-state index contributed by atoms with van der Waals surface area (Å²) in [6.45, 7) is 3.09. The number of rotatable bonds is 2. The van der Waals surface area contributed by atoms with E-state index in [9.17, 15) is 5.21 Å². The van der Waals surface area contributed by atoms with E-state index in [1.54, 1.807) is 6.07 Å². The molecule has 5 nitrogen and oxygen atoms in total. The van der Waals surface area contributed by atoms with Gasteiger partial charge in [0, 0.05) is 12.5 Å². The third-order valence-electron chi connectivity index (χ3n) is 2.50. The highest BCUT2D eigenvalue weighted by Crippen LogP contribution is 2.37. The highest BCUT2D eigenvalue weighted by Gasteiger charge is 2.21. The van der Waals surface area contributed by atoms with E-state index in [0.717, 1.165) is 12.0 Å². The lowest BCUT2D eigenvalue weighted by Crippen LogP contribution is -3.00. The van der Waals surface area contributed by atoms with Crippen LogP contribution in [0.25, 0.3) is 0 Å². The molecule has 0 aliphatic carbocycles. The van der Waals surface area contributed by atoms with Crippen molar-refractivity contribution in [3.63, 3.8) is 0 Å². The third-order valence-corrected chi connectivity index (χ3v) is 2.50. The molecule has 88 valence electrons. The number of fused-ring (bicyclic) bond motifs is 1. The van der Waals surface area contributed by atoms with E-state index in [4.69, 9.17) is 14.3 Å². The number of benzene rings is 1. The van der Waals surface area contributed by atoms with Crippen LogP contribution >= 0.6 is 0 Å². The number of nitrogens with one attached hydrogen (secondary N) is 1. The lowest BCUT2D eigenvalue weighted by atomic mass is 10.2. The lowest BCUT2D eigenvalue weighted by molar-refractivity contribution is -0.992. The Bertz CT molecular complexity index is 380. The predicted molar refractivity (Wildman–Crippen MR) is 57.8 cm³/mol. The fourth-order valence-corrected chi connectivity index (χ4v) is 1.66. The van der Waals surface area contributed by atoms with Crippen molar-refractivity contribution in [3.05, 3.63) is 22.9 Å². The predicted octanol–water partition coefficient (Wildman–Crippen LogP) is 0.732. The summed E-state index contributed by atoms with van der Waals surface area (Å²) in [5, 5.41) is 11.2. The molecule has 1 aliphatic heterocycles. The minimum absolute atomic E-state index is 0.401. The zero-order valence-corrected chi connectivity index (χ0v) is 9.41. The van der Waals surface area contributed by atoms with Gasteiger partial charge in [0.15, 0.2) is 5.75 Å². The first kappa shape index (κ1) is 11.2. The first-order chi connectivity index (χ1) is 7.74. The van der Waals surface area contributed by atoms with Crippen LogP contribution in [0.2, 0.25) is 0 Å². The van der Waals surface area contributed by atoms with Crippen LogP contribution in [0, 0.1) is 12.1 Å². The normalized spacial score (nSPS) is 16.7. The van der Waals surface area contributed by atoms with Crippen LogP contribution in [0.3, 0.4) is 0 Å². The molecular formula is C11H15NO4. The van der Waals surface area contributed by atoms with Crippen LogP contribution in [0.1, 0.15) is 12.0 Å². The SMILES string of the molecule is CO[NH+]([O-])c1ccc(C)c2c1OCCCO2. The van der Waals surface area contributed by atoms with Crippen LogP contribution in [0.5, 0.6) is 11.5 Å². The Hall–Kier alpha value is -1.30. The molecule has 1 N–H and O–H groups in total. The molecule has 1 atom stereocenters. The second-order valence-corrected chi connectivity index (χ2v) is 3.63. The van der Waals surface area contributed by atoms with Gasteiger partial charge in [-0.05, 0) is 18.6 Å². The maximum atomic E-state index is 11.6. The summed E-state index contributed by atoms with van der Waals surface area (Å²) in [7, 11) is 1.35. The summed E-state index contributed by atoms with van der Waals surface area (Å²) < 4.78 is 11.1. The summed E-state index contributed by atoms with van der Waals surface area (Å²) in [5.74, 6) is 1.16. The molecule has 0 amide bonds. The van der Waals surface area contributed by atoms with Gasteiger partial charge in [0.2, 0.25) is 11.4 Å². The molecule has 0 fully saturated rings. The van der Waals surface area contributed by atoms with Gasteiger partial charge >= 0.3 is 0 Å². The Balaban J connectivity index is 2.47. The maximum Gasteiger partial charge on any atom is 0.226 e. The van der Waals surface area contributed by atoms with Gasteiger partial charge in [0.05, 0.1) is 20.3 Å². The fraction of sp³-hybridized carbons (Fsp3) is 0.455. The summed E-state index contributed by atoms with van der Waals surface area (Å²) in [6.07, 6.45) is 0.814. The fourth-order valence-electron chi connectivity index (χ4n) is 1.66. The van der Waals surface area contributed by atoms with Crippen LogP contribution in [-0.4, -0.2) is 20.3 Å². The Morgan fingerprint density at radius 1 is 1.25 bits per heavy atom. The summed E-state index contributed by atoms with van der Waals surface area (Å²) in [5.41, 5.74) is 1.38. The summed E-state index contributed by atoms with van der Waals surface area (Å²) >= 11 is 0. The molecule has 0 bridgehead atoms. The van der Waals surface area contributed by atoms with Gasteiger partial charge in [-0.2, -0.15) is 5.23 Å². The Morgan fingerprint density at radius 2 is 1.94 bits per heavy atom. The number of quaternary nitrogens is 1. The largest absolute Gasteiger partial charge is 0.595 e. The van der Waals surface area contributed by atoms with E-state index < -0.39 is 5.23 Å². The first-order valence-electron chi connectivity index (χ1n) is 5.21. The number of aryl methyl sites for hydroxylation is 1. The second-order valence-electron chi connectivity index (χ2n) is 3.63. The van der Waals surface area contributed by atoms with Gasteiger partial charge < -0.3 is 14.7 Å². The quantitative estimate of drug-likeness (QED) is 0.754. The maximum absolute atomic E-state index is 11.6. The van der Waals surface area contributed by atoms with Crippen molar-refractivity contribution in [2.75, 3.05) is 20.3 Å². The van der Waals surface area contributed by atoms with E-state index in [-0.39, 0.29) is 0 Å². The minimum atomic E-state index is -0.401. The van der Waals surface area contributed by atoms with E-state index in [0.29, 0.717) is 30.4 Å². The van der Waals surface area contributed by atoms with Crippen molar-refractivity contribution in [1.29, 1.82) is 0 Å². The molecular weight excluding hydrogens is 210 g/mol. The van der Waals surface area contributed by atoms with Gasteiger partial charge in [-0.25, -0.2) is 4.84 Å². The van der Waals surface area contributed by atoms with Gasteiger partial charge in [-0.3, -0.25) is 0 Å². The minimum Gasteiger partial charge on any atom is -0.595 e. The molecule has 5 heteroatoms. The number of hydrogen-bond donors (Lipinski definition) is 1. The number of ether oxygens (including phenoxy) is 2. The Morgan fingerprint density at radius 3 is 2.62 bits per heavy atom. The van der Waals surface area contributed by atoms with Crippen molar-refractivity contribution in [3.8, 4) is 11.5 Å². The van der Waals surface area contributed by atoms with Crippen molar-refractivity contribution in [1.82, 2.24) is 0 Å². The molecule has 1 aromatic carbocycles. The average molecular weight is 225 g/mol.